The Morgan fingerprint density at radius 3 is 2.19 bits per heavy atom. The minimum atomic E-state index is -4.28. The molecule has 258 valence electrons. The molecule has 2 aromatic heterocycles. The van der Waals surface area contributed by atoms with Gasteiger partial charge in [0, 0.05) is 50.3 Å². The van der Waals surface area contributed by atoms with Crippen molar-refractivity contribution in [2.75, 3.05) is 31.2 Å². The first kappa shape index (κ1) is 36.6. The number of halogens is 1. The second-order valence-corrected chi connectivity index (χ2v) is 14.5. The fourth-order valence-corrected chi connectivity index (χ4v) is 6.69. The second-order valence-electron chi connectivity index (χ2n) is 12.9. The summed E-state index contributed by atoms with van der Waals surface area (Å²) in [5.74, 6) is 3.13. The Labute approximate surface area is 278 Å². The number of nitrogens with zero attached hydrogens (tertiary/aromatic N) is 6. The molecule has 1 fully saturated rings. The van der Waals surface area contributed by atoms with Crippen LogP contribution in [0.1, 0.15) is 62.3 Å². The molecule has 2 amide bonds. The summed E-state index contributed by atoms with van der Waals surface area (Å²) in [4.78, 5) is 50.8. The molecule has 1 aromatic carbocycles. The summed E-state index contributed by atoms with van der Waals surface area (Å²) in [5.41, 5.74) is -1.72. The number of amides is 2. The van der Waals surface area contributed by atoms with Gasteiger partial charge in [-0.1, -0.05) is 18.2 Å². The van der Waals surface area contributed by atoms with E-state index in [1.807, 2.05) is 6.07 Å². The Morgan fingerprint density at radius 1 is 1.04 bits per heavy atom. The molecule has 0 saturated carbocycles. The van der Waals surface area contributed by atoms with E-state index >= 15 is 4.39 Å². The number of nitrogens with two attached hydrogens (primary N) is 1. The molecule has 0 aliphatic carbocycles. The Hall–Kier alpha value is -4.27. The van der Waals surface area contributed by atoms with Crippen molar-refractivity contribution >= 4 is 48.9 Å². The normalized spacial score (nSPS) is 14.5. The Kier molecular flexibility index (Phi) is 11.0. The molecule has 0 unspecified atom stereocenters. The molecule has 0 radical (unpaired) electrons. The lowest BCUT2D eigenvalue weighted by Crippen LogP contribution is -2.52. The van der Waals surface area contributed by atoms with Crippen LogP contribution in [0.5, 0.6) is 0 Å². The lowest BCUT2D eigenvalue weighted by atomic mass is 10.1. The molecule has 1 saturated heterocycles. The maximum atomic E-state index is 15.6. The van der Waals surface area contributed by atoms with Gasteiger partial charge in [-0.25, -0.2) is 19.8 Å². The smallest absolute Gasteiger partial charge is 0.335 e. The molecule has 2 N–H and O–H groups in total. The number of carbonyl (C=O) groups excluding carboxylic acids is 3. The van der Waals surface area contributed by atoms with Crippen LogP contribution >= 0.6 is 7.82 Å². The van der Waals surface area contributed by atoms with Gasteiger partial charge < -0.3 is 14.4 Å². The SMILES string of the molecule is C=N/C=C\N(N)c1ncc(F)c2c(C(=O)C(=O)N3CCN(C(=O)c4ccccc4)CC3)cn(COP(=O)(OC(C)(C)C)OC(C)(C)C)c12. The van der Waals surface area contributed by atoms with E-state index in [0.29, 0.717) is 5.56 Å². The van der Waals surface area contributed by atoms with E-state index in [1.165, 1.54) is 28.1 Å². The van der Waals surface area contributed by atoms with Gasteiger partial charge in [0.25, 0.3) is 17.6 Å². The summed E-state index contributed by atoms with van der Waals surface area (Å²) in [6, 6.07) is 8.74. The number of piperazine rings is 1. The van der Waals surface area contributed by atoms with E-state index in [2.05, 4.69) is 16.7 Å². The Bertz CT molecular complexity index is 1740. The van der Waals surface area contributed by atoms with E-state index in [9.17, 15) is 18.9 Å². The number of pyridine rings is 1. The molecule has 48 heavy (non-hydrogen) atoms. The monoisotopic (exact) mass is 685 g/mol. The number of hydrazine groups is 1. The highest BCUT2D eigenvalue weighted by molar-refractivity contribution is 7.48. The lowest BCUT2D eigenvalue weighted by Gasteiger charge is -2.34. The van der Waals surface area contributed by atoms with Crippen LogP contribution in [0.15, 0.2) is 60.1 Å². The largest absolute Gasteiger partial charge is 0.477 e. The molecule has 14 nitrogen and oxygen atoms in total. The van der Waals surface area contributed by atoms with Gasteiger partial charge in [-0.15, -0.1) is 0 Å². The van der Waals surface area contributed by atoms with Gasteiger partial charge in [0.2, 0.25) is 0 Å². The summed E-state index contributed by atoms with van der Waals surface area (Å²) in [6.45, 7) is 13.4. The Balaban J connectivity index is 1.69. The maximum absolute atomic E-state index is 15.6. The van der Waals surface area contributed by atoms with Gasteiger partial charge in [0.1, 0.15) is 6.73 Å². The van der Waals surface area contributed by atoms with Crippen LogP contribution in [-0.4, -0.2) is 81.0 Å². The number of phosphoric acid groups is 1. The minimum Gasteiger partial charge on any atom is -0.335 e. The number of ketones is 1. The first-order valence-corrected chi connectivity index (χ1v) is 16.6. The number of hydrogen-bond acceptors (Lipinski definition) is 11. The first-order valence-electron chi connectivity index (χ1n) is 15.1. The summed E-state index contributed by atoms with van der Waals surface area (Å²) < 4.78 is 47.8. The van der Waals surface area contributed by atoms with Crippen LogP contribution < -0.4 is 10.9 Å². The minimum absolute atomic E-state index is 0.0429. The summed E-state index contributed by atoms with van der Waals surface area (Å²) in [5, 5.41) is 0.752. The zero-order valence-electron chi connectivity index (χ0n) is 27.9. The summed E-state index contributed by atoms with van der Waals surface area (Å²) in [7, 11) is -4.28. The van der Waals surface area contributed by atoms with Gasteiger partial charge in [0.05, 0.1) is 33.9 Å². The predicted molar refractivity (Wildman–Crippen MR) is 179 cm³/mol. The Morgan fingerprint density at radius 2 is 1.62 bits per heavy atom. The van der Waals surface area contributed by atoms with Crippen LogP contribution in [0, 0.1) is 5.82 Å². The average molecular weight is 686 g/mol. The second kappa shape index (κ2) is 14.5. The zero-order valence-corrected chi connectivity index (χ0v) is 28.8. The van der Waals surface area contributed by atoms with Crippen LogP contribution in [0.25, 0.3) is 10.9 Å². The van der Waals surface area contributed by atoms with Crippen LogP contribution in [0.4, 0.5) is 10.2 Å². The fourth-order valence-electron chi connectivity index (χ4n) is 4.94. The van der Waals surface area contributed by atoms with Gasteiger partial charge in [-0.2, -0.15) is 0 Å². The van der Waals surface area contributed by atoms with Crippen molar-refractivity contribution in [1.82, 2.24) is 19.4 Å². The van der Waals surface area contributed by atoms with Crippen molar-refractivity contribution in [2.45, 2.75) is 59.5 Å². The van der Waals surface area contributed by atoms with E-state index in [0.717, 1.165) is 11.2 Å². The molecule has 1 aliphatic heterocycles. The van der Waals surface area contributed by atoms with Crippen molar-refractivity contribution in [1.29, 1.82) is 0 Å². The molecule has 0 bridgehead atoms. The molecule has 3 aromatic rings. The van der Waals surface area contributed by atoms with Crippen molar-refractivity contribution in [3.05, 3.63) is 72.1 Å². The summed E-state index contributed by atoms with van der Waals surface area (Å²) >= 11 is 0. The molecule has 0 atom stereocenters. The number of hydrogen-bond donors (Lipinski definition) is 1. The van der Waals surface area contributed by atoms with E-state index in [1.54, 1.807) is 70.7 Å². The predicted octanol–water partition coefficient (Wildman–Crippen LogP) is 4.91. The number of rotatable bonds is 11. The third kappa shape index (κ3) is 8.79. The highest BCUT2D eigenvalue weighted by Crippen LogP contribution is 2.55. The number of aromatic nitrogens is 2. The number of benzene rings is 1. The van der Waals surface area contributed by atoms with E-state index < -0.39 is 43.3 Å². The van der Waals surface area contributed by atoms with Gasteiger partial charge in [-0.3, -0.25) is 38.0 Å². The zero-order chi connectivity index (χ0) is 35.4. The lowest BCUT2D eigenvalue weighted by molar-refractivity contribution is -0.127. The van der Waals surface area contributed by atoms with Crippen LogP contribution in [0.3, 0.4) is 0 Å². The standard InChI is InChI=1S/C32H41FN7O7P/c1-31(2,3)46-48(44,47-32(4,5)6)45-21-39-20-23(25-24(33)19-36-28(26(25)39)40(34)14-13-35-7)27(41)30(43)38-17-15-37(16-18-38)29(42)22-11-9-8-10-12-22/h8-14,19-20H,7,15-18,21,34H2,1-6H3/b14-13-. The molecule has 0 spiro atoms. The molecule has 4 rings (SSSR count). The van der Waals surface area contributed by atoms with Crippen molar-refractivity contribution in [2.24, 2.45) is 10.8 Å². The topological polar surface area (TPSA) is 162 Å². The fraction of sp³-hybridized carbons (Fsp3) is 0.406. The van der Waals surface area contributed by atoms with Crippen molar-refractivity contribution in [3.63, 3.8) is 0 Å². The highest BCUT2D eigenvalue weighted by atomic mass is 31.2. The quantitative estimate of drug-likeness (QED) is 0.0734. The van der Waals surface area contributed by atoms with Gasteiger partial charge in [-0.05, 0) is 60.4 Å². The molecule has 1 aliphatic rings. The van der Waals surface area contributed by atoms with E-state index in [4.69, 9.17) is 19.4 Å². The average Bonchev–Trinajstić information content (AvgIpc) is 3.41. The first-order chi connectivity index (χ1) is 22.4. The van der Waals surface area contributed by atoms with Gasteiger partial charge >= 0.3 is 7.82 Å². The number of anilines is 1. The molecular formula is C32H41FN7O7P. The van der Waals surface area contributed by atoms with Crippen LogP contribution in [-0.2, 0) is 29.7 Å². The number of phosphoric ester groups is 1. The maximum Gasteiger partial charge on any atom is 0.477 e. The highest BCUT2D eigenvalue weighted by Gasteiger charge is 2.38. The number of carbonyl (C=O) groups is 3. The summed E-state index contributed by atoms with van der Waals surface area (Å²) in [6.07, 6.45) is 4.63. The molecular weight excluding hydrogens is 644 g/mol. The third-order valence-electron chi connectivity index (χ3n) is 6.85. The molecule has 16 heteroatoms. The van der Waals surface area contributed by atoms with E-state index in [-0.39, 0.29) is 54.4 Å². The molecule has 3 heterocycles. The number of Topliss-reactive ketones (excluding diaryl/α,β-unsaturated/α-hetero) is 1. The van der Waals surface area contributed by atoms with Gasteiger partial charge in [0.15, 0.2) is 11.6 Å². The van der Waals surface area contributed by atoms with Crippen molar-refractivity contribution in [3.8, 4) is 0 Å². The number of fused-ring (bicyclic) bond motifs is 1. The number of aliphatic imine (C=N–C) groups is 1. The van der Waals surface area contributed by atoms with Crippen LogP contribution in [0.2, 0.25) is 0 Å². The van der Waals surface area contributed by atoms with Crippen molar-refractivity contribution < 1.29 is 36.9 Å². The third-order valence-corrected chi connectivity index (χ3v) is 8.82.